The second-order valence-corrected chi connectivity index (χ2v) is 5.27. The highest BCUT2D eigenvalue weighted by Gasteiger charge is 2.15. The highest BCUT2D eigenvalue weighted by molar-refractivity contribution is 5.97. The molecule has 0 bridgehead atoms. The van der Waals surface area contributed by atoms with Gasteiger partial charge < -0.3 is 19.2 Å². The molecule has 0 fully saturated rings. The number of nitrogens with zero attached hydrogens (tertiary/aromatic N) is 2. The van der Waals surface area contributed by atoms with Gasteiger partial charge in [-0.25, -0.2) is 5.43 Å². The van der Waals surface area contributed by atoms with Crippen LogP contribution in [0.5, 0.6) is 11.5 Å². The lowest BCUT2D eigenvalue weighted by molar-refractivity contribution is -0.402. The van der Waals surface area contributed by atoms with Crippen molar-refractivity contribution in [3.63, 3.8) is 0 Å². The Kier molecular flexibility index (Phi) is 5.30. The Morgan fingerprint density at radius 3 is 2.70 bits per heavy atom. The summed E-state index contributed by atoms with van der Waals surface area (Å²) in [5.74, 6) is -0.360. The van der Waals surface area contributed by atoms with Crippen LogP contribution in [0.4, 0.5) is 5.88 Å². The second kappa shape index (κ2) is 7.99. The van der Waals surface area contributed by atoms with Crippen molar-refractivity contribution in [2.75, 3.05) is 19.8 Å². The number of fused-ring (bicyclic) bond motifs is 1. The summed E-state index contributed by atoms with van der Waals surface area (Å²) in [5, 5.41) is 16.5. The van der Waals surface area contributed by atoms with Gasteiger partial charge in [-0.3, -0.25) is 19.7 Å². The van der Waals surface area contributed by atoms with E-state index < -0.39 is 22.6 Å². The lowest BCUT2D eigenvalue weighted by atomic mass is 10.2. The molecule has 0 atom stereocenters. The van der Waals surface area contributed by atoms with Crippen molar-refractivity contribution in [1.82, 2.24) is 10.7 Å². The largest absolute Gasteiger partial charge is 0.486 e. The van der Waals surface area contributed by atoms with Crippen molar-refractivity contribution in [3.05, 3.63) is 51.8 Å². The van der Waals surface area contributed by atoms with Gasteiger partial charge in [-0.1, -0.05) is 0 Å². The van der Waals surface area contributed by atoms with Crippen LogP contribution in [0.2, 0.25) is 0 Å². The summed E-state index contributed by atoms with van der Waals surface area (Å²) in [7, 11) is 0. The average molecular weight is 374 g/mol. The number of hydrogen-bond acceptors (Lipinski definition) is 8. The maximum absolute atomic E-state index is 12.1. The van der Waals surface area contributed by atoms with Crippen molar-refractivity contribution < 1.29 is 28.4 Å². The van der Waals surface area contributed by atoms with Crippen LogP contribution in [-0.2, 0) is 4.79 Å². The summed E-state index contributed by atoms with van der Waals surface area (Å²) >= 11 is 0. The van der Waals surface area contributed by atoms with Crippen molar-refractivity contribution in [2.24, 2.45) is 5.10 Å². The van der Waals surface area contributed by atoms with Crippen LogP contribution in [0.3, 0.4) is 0 Å². The third-order valence-corrected chi connectivity index (χ3v) is 3.39. The Labute approximate surface area is 152 Å². The predicted octanol–water partition coefficient (Wildman–Crippen LogP) is 0.839. The highest BCUT2D eigenvalue weighted by Crippen LogP contribution is 2.30. The minimum Gasteiger partial charge on any atom is -0.486 e. The smallest absolute Gasteiger partial charge is 0.433 e. The molecular formula is C16H14N4O7. The maximum Gasteiger partial charge on any atom is 0.433 e. The van der Waals surface area contributed by atoms with E-state index in [1.807, 2.05) is 0 Å². The molecule has 0 saturated carbocycles. The Balaban J connectivity index is 1.47. The molecule has 1 aromatic heterocycles. The number of rotatable bonds is 6. The van der Waals surface area contributed by atoms with Gasteiger partial charge in [0.15, 0.2) is 17.3 Å². The van der Waals surface area contributed by atoms with E-state index in [0.717, 1.165) is 12.3 Å². The summed E-state index contributed by atoms with van der Waals surface area (Å²) in [5.41, 5.74) is 2.49. The van der Waals surface area contributed by atoms with E-state index in [-0.39, 0.29) is 12.3 Å². The molecule has 11 nitrogen and oxygen atoms in total. The SMILES string of the molecule is O=C(CNC(=O)c1ccc2c(c1)OCCO2)N/N=C/c1ccc([N+](=O)[O-])o1. The first-order chi connectivity index (χ1) is 13.0. The second-order valence-electron chi connectivity index (χ2n) is 5.27. The molecule has 0 spiro atoms. The molecule has 11 heteroatoms. The van der Waals surface area contributed by atoms with E-state index in [1.165, 1.54) is 12.1 Å². The van der Waals surface area contributed by atoms with Crippen molar-refractivity contribution >= 4 is 23.9 Å². The molecule has 2 N–H and O–H groups in total. The van der Waals surface area contributed by atoms with Crippen LogP contribution in [-0.4, -0.2) is 42.7 Å². The van der Waals surface area contributed by atoms with Crippen LogP contribution in [0.15, 0.2) is 39.9 Å². The molecule has 0 saturated heterocycles. The van der Waals surface area contributed by atoms with E-state index in [4.69, 9.17) is 13.9 Å². The minimum atomic E-state index is -0.691. The summed E-state index contributed by atoms with van der Waals surface area (Å²) < 4.78 is 15.6. The zero-order chi connectivity index (χ0) is 19.2. The van der Waals surface area contributed by atoms with Crippen LogP contribution in [0.1, 0.15) is 16.1 Å². The molecule has 0 aliphatic carbocycles. The van der Waals surface area contributed by atoms with E-state index in [9.17, 15) is 19.7 Å². The van der Waals surface area contributed by atoms with Crippen LogP contribution in [0, 0.1) is 10.1 Å². The monoisotopic (exact) mass is 374 g/mol. The van der Waals surface area contributed by atoms with Crippen LogP contribution in [0.25, 0.3) is 0 Å². The number of carbonyl (C=O) groups excluding carboxylic acids is 2. The first kappa shape index (κ1) is 17.9. The lowest BCUT2D eigenvalue weighted by Crippen LogP contribution is -2.35. The Bertz CT molecular complexity index is 906. The van der Waals surface area contributed by atoms with Crippen LogP contribution < -0.4 is 20.2 Å². The zero-order valence-electron chi connectivity index (χ0n) is 13.8. The number of hydrazone groups is 1. The highest BCUT2D eigenvalue weighted by atomic mass is 16.6. The van der Waals surface area contributed by atoms with Gasteiger partial charge in [0, 0.05) is 5.56 Å². The molecular weight excluding hydrogens is 360 g/mol. The quantitative estimate of drug-likeness (QED) is 0.433. The Hall–Kier alpha value is -3.89. The van der Waals surface area contributed by atoms with Crippen molar-refractivity contribution in [1.29, 1.82) is 0 Å². The van der Waals surface area contributed by atoms with Gasteiger partial charge in [-0.05, 0) is 24.3 Å². The minimum absolute atomic E-state index is 0.0994. The molecule has 0 radical (unpaired) electrons. The number of hydrogen-bond donors (Lipinski definition) is 2. The third kappa shape index (κ3) is 4.60. The van der Waals surface area contributed by atoms with Crippen molar-refractivity contribution in [3.8, 4) is 11.5 Å². The molecule has 1 aromatic carbocycles. The standard InChI is InChI=1S/C16H14N4O7/c21-14(19-18-8-11-2-4-15(27-11)20(23)24)9-17-16(22)10-1-3-12-13(7-10)26-6-5-25-12/h1-4,7-8H,5-6,9H2,(H,17,22)(H,19,21)/b18-8+. The third-order valence-electron chi connectivity index (χ3n) is 3.39. The summed E-state index contributed by atoms with van der Waals surface area (Å²) in [6, 6.07) is 7.21. The lowest BCUT2D eigenvalue weighted by Gasteiger charge is -2.18. The summed E-state index contributed by atoms with van der Waals surface area (Å²) in [6.45, 7) is 0.533. The summed E-state index contributed by atoms with van der Waals surface area (Å²) in [6.07, 6.45) is 1.10. The molecule has 0 unspecified atom stereocenters. The number of nitro groups is 1. The number of benzene rings is 1. The fourth-order valence-electron chi connectivity index (χ4n) is 2.16. The van der Waals surface area contributed by atoms with Gasteiger partial charge in [0.25, 0.3) is 11.8 Å². The molecule has 27 heavy (non-hydrogen) atoms. The Morgan fingerprint density at radius 1 is 1.19 bits per heavy atom. The zero-order valence-corrected chi connectivity index (χ0v) is 13.8. The fourth-order valence-corrected chi connectivity index (χ4v) is 2.16. The number of furan rings is 1. The molecule has 2 aromatic rings. The number of carbonyl (C=O) groups is 2. The Morgan fingerprint density at radius 2 is 1.96 bits per heavy atom. The molecule has 2 heterocycles. The van der Waals surface area contributed by atoms with Crippen molar-refractivity contribution in [2.45, 2.75) is 0 Å². The number of amides is 2. The number of nitrogens with one attached hydrogen (secondary N) is 2. The predicted molar refractivity (Wildman–Crippen MR) is 90.9 cm³/mol. The first-order valence-electron chi connectivity index (χ1n) is 7.77. The first-order valence-corrected chi connectivity index (χ1v) is 7.77. The maximum atomic E-state index is 12.1. The molecule has 1 aliphatic heterocycles. The number of ether oxygens (including phenoxy) is 2. The van der Waals surface area contributed by atoms with Gasteiger partial charge in [-0.15, -0.1) is 0 Å². The summed E-state index contributed by atoms with van der Waals surface area (Å²) in [4.78, 5) is 33.6. The molecule has 2 amide bonds. The van der Waals surface area contributed by atoms with Gasteiger partial charge >= 0.3 is 5.88 Å². The van der Waals surface area contributed by atoms with Gasteiger partial charge in [-0.2, -0.15) is 5.10 Å². The van der Waals surface area contributed by atoms with E-state index in [1.54, 1.807) is 12.1 Å². The molecule has 3 rings (SSSR count). The topological polar surface area (TPSA) is 145 Å². The van der Waals surface area contributed by atoms with E-state index >= 15 is 0 Å². The normalized spacial score (nSPS) is 12.6. The van der Waals surface area contributed by atoms with Gasteiger partial charge in [0.1, 0.15) is 18.1 Å². The molecule has 1 aliphatic rings. The molecule has 140 valence electrons. The fraction of sp³-hybridized carbons (Fsp3) is 0.188. The van der Waals surface area contributed by atoms with Gasteiger partial charge in [0.2, 0.25) is 0 Å². The van der Waals surface area contributed by atoms with E-state index in [0.29, 0.717) is 30.3 Å². The van der Waals surface area contributed by atoms with E-state index in [2.05, 4.69) is 15.8 Å². The van der Waals surface area contributed by atoms with Gasteiger partial charge in [0.05, 0.1) is 18.8 Å². The average Bonchev–Trinajstić information content (AvgIpc) is 3.15. The van der Waals surface area contributed by atoms with Crippen LogP contribution >= 0.6 is 0 Å².